The van der Waals surface area contributed by atoms with E-state index in [0.29, 0.717) is 11.8 Å². The number of aliphatic hydroxyl groups excluding tert-OH is 1. The van der Waals surface area contributed by atoms with Crippen molar-refractivity contribution in [1.29, 1.82) is 0 Å². The number of phenolic OH excluding ortho intramolecular Hbond substituents is 1. The zero-order chi connectivity index (χ0) is 17.6. The van der Waals surface area contributed by atoms with E-state index < -0.39 is 0 Å². The first-order chi connectivity index (χ1) is 12.1. The molecule has 0 radical (unpaired) electrons. The van der Waals surface area contributed by atoms with E-state index in [9.17, 15) is 10.2 Å². The molecule has 1 saturated heterocycles. The molecule has 0 unspecified atom stereocenters. The Bertz CT molecular complexity index is 655. The highest BCUT2D eigenvalue weighted by molar-refractivity contribution is 5.26. The number of hydrogen-bond donors (Lipinski definition) is 2. The quantitative estimate of drug-likeness (QED) is 0.849. The molecule has 134 valence electrons. The van der Waals surface area contributed by atoms with Crippen LogP contribution in [0.1, 0.15) is 23.1 Å². The normalized spacial score (nSPS) is 19.2. The molecule has 4 nitrogen and oxygen atoms in total. The summed E-state index contributed by atoms with van der Waals surface area (Å²) in [5.41, 5.74) is 3.84. The molecule has 2 N–H and O–H groups in total. The van der Waals surface area contributed by atoms with Gasteiger partial charge in [-0.2, -0.15) is 0 Å². The van der Waals surface area contributed by atoms with Crippen LogP contribution in [0, 0.1) is 6.92 Å². The van der Waals surface area contributed by atoms with Crippen LogP contribution in [0.15, 0.2) is 48.5 Å². The number of nitrogens with zero attached hydrogens (tertiary/aromatic N) is 2. The van der Waals surface area contributed by atoms with Crippen LogP contribution in [0.4, 0.5) is 0 Å². The zero-order valence-electron chi connectivity index (χ0n) is 14.9. The number of aromatic hydroxyl groups is 1. The monoisotopic (exact) mass is 340 g/mol. The second-order valence-corrected chi connectivity index (χ2v) is 7.02. The van der Waals surface area contributed by atoms with Gasteiger partial charge in [0.2, 0.25) is 0 Å². The molecule has 3 rings (SSSR count). The first-order valence-electron chi connectivity index (χ1n) is 9.05. The third-order valence-corrected chi connectivity index (χ3v) is 5.00. The summed E-state index contributed by atoms with van der Waals surface area (Å²) < 4.78 is 0. The Morgan fingerprint density at radius 2 is 1.56 bits per heavy atom. The van der Waals surface area contributed by atoms with Gasteiger partial charge in [0.05, 0.1) is 0 Å². The summed E-state index contributed by atoms with van der Waals surface area (Å²) in [6, 6.07) is 16.6. The summed E-state index contributed by atoms with van der Waals surface area (Å²) in [6.45, 7) is 7.17. The summed E-state index contributed by atoms with van der Waals surface area (Å²) in [5.74, 6) is 0.310. The smallest absolute Gasteiger partial charge is 0.115 e. The minimum absolute atomic E-state index is 0.224. The summed E-state index contributed by atoms with van der Waals surface area (Å²) in [5, 5.41) is 18.9. The highest BCUT2D eigenvalue weighted by Crippen LogP contribution is 2.19. The van der Waals surface area contributed by atoms with Crippen molar-refractivity contribution >= 4 is 0 Å². The Morgan fingerprint density at radius 3 is 2.24 bits per heavy atom. The van der Waals surface area contributed by atoms with E-state index in [-0.39, 0.29) is 6.61 Å². The van der Waals surface area contributed by atoms with Crippen LogP contribution in [0.2, 0.25) is 0 Å². The lowest BCUT2D eigenvalue weighted by Gasteiger charge is -2.41. The molecule has 1 aliphatic rings. The van der Waals surface area contributed by atoms with Gasteiger partial charge in [0.1, 0.15) is 5.75 Å². The highest BCUT2D eigenvalue weighted by atomic mass is 16.3. The van der Waals surface area contributed by atoms with Crippen LogP contribution in [0.5, 0.6) is 5.75 Å². The lowest BCUT2D eigenvalue weighted by Crippen LogP contribution is -2.52. The van der Waals surface area contributed by atoms with Gasteiger partial charge in [0.25, 0.3) is 0 Å². The molecule has 0 aromatic heterocycles. The predicted molar refractivity (Wildman–Crippen MR) is 100 cm³/mol. The lowest BCUT2D eigenvalue weighted by atomic mass is 10.1. The summed E-state index contributed by atoms with van der Waals surface area (Å²) in [7, 11) is 0. The van der Waals surface area contributed by atoms with E-state index in [1.54, 1.807) is 12.1 Å². The maximum Gasteiger partial charge on any atom is 0.115 e. The standard InChI is InChI=1S/C21H28N2O2/c1-17-2-4-19(5-3-17)15-23-12-11-22(16-20(23)10-13-24)14-18-6-8-21(25)9-7-18/h2-9,20,24-25H,10-16H2,1H3/t20-/m1/s1. The third kappa shape index (κ3) is 5.05. The first kappa shape index (κ1) is 17.9. The topological polar surface area (TPSA) is 46.9 Å². The molecule has 2 aromatic rings. The number of piperazine rings is 1. The second-order valence-electron chi connectivity index (χ2n) is 7.02. The van der Waals surface area contributed by atoms with Crippen LogP contribution < -0.4 is 0 Å². The summed E-state index contributed by atoms with van der Waals surface area (Å²) in [4.78, 5) is 4.94. The van der Waals surface area contributed by atoms with E-state index in [1.165, 1.54) is 16.7 Å². The van der Waals surface area contributed by atoms with Crippen LogP contribution in [0.25, 0.3) is 0 Å². The largest absolute Gasteiger partial charge is 0.508 e. The van der Waals surface area contributed by atoms with E-state index in [1.807, 2.05) is 12.1 Å². The van der Waals surface area contributed by atoms with Crippen molar-refractivity contribution in [2.24, 2.45) is 0 Å². The Labute approximate surface area is 150 Å². The molecule has 4 heteroatoms. The fourth-order valence-electron chi connectivity index (χ4n) is 3.52. The molecular weight excluding hydrogens is 312 g/mol. The Balaban J connectivity index is 1.61. The number of rotatable bonds is 6. The molecule has 2 aromatic carbocycles. The first-order valence-corrected chi connectivity index (χ1v) is 9.05. The third-order valence-electron chi connectivity index (χ3n) is 5.00. The Hall–Kier alpha value is -1.88. The van der Waals surface area contributed by atoms with Gasteiger partial charge in [-0.3, -0.25) is 9.80 Å². The van der Waals surface area contributed by atoms with Crippen molar-refractivity contribution < 1.29 is 10.2 Å². The number of aryl methyl sites for hydroxylation is 1. The molecule has 1 fully saturated rings. The van der Waals surface area contributed by atoms with Gasteiger partial charge in [-0.1, -0.05) is 42.0 Å². The highest BCUT2D eigenvalue weighted by Gasteiger charge is 2.26. The lowest BCUT2D eigenvalue weighted by molar-refractivity contribution is 0.0500. The molecule has 25 heavy (non-hydrogen) atoms. The van der Waals surface area contributed by atoms with Crippen LogP contribution in [-0.4, -0.2) is 52.3 Å². The molecule has 0 bridgehead atoms. The van der Waals surface area contributed by atoms with Crippen LogP contribution in [-0.2, 0) is 13.1 Å². The van der Waals surface area contributed by atoms with Crippen molar-refractivity contribution in [2.75, 3.05) is 26.2 Å². The number of benzene rings is 2. The van der Waals surface area contributed by atoms with Crippen molar-refractivity contribution in [1.82, 2.24) is 9.80 Å². The van der Waals surface area contributed by atoms with Crippen LogP contribution >= 0.6 is 0 Å². The molecule has 0 aliphatic carbocycles. The van der Waals surface area contributed by atoms with E-state index >= 15 is 0 Å². The minimum Gasteiger partial charge on any atom is -0.508 e. The maximum atomic E-state index is 9.47. The fourth-order valence-corrected chi connectivity index (χ4v) is 3.52. The van der Waals surface area contributed by atoms with Gasteiger partial charge in [-0.05, 0) is 36.6 Å². The van der Waals surface area contributed by atoms with Crippen LogP contribution in [0.3, 0.4) is 0 Å². The molecular formula is C21H28N2O2. The van der Waals surface area contributed by atoms with Gasteiger partial charge >= 0.3 is 0 Å². The van der Waals surface area contributed by atoms with Crippen molar-refractivity contribution in [3.8, 4) is 5.75 Å². The fraction of sp³-hybridized carbons (Fsp3) is 0.429. The molecule has 1 heterocycles. The Kier molecular flexibility index (Phi) is 6.08. The van der Waals surface area contributed by atoms with Gasteiger partial charge in [0.15, 0.2) is 0 Å². The molecule has 1 aliphatic heterocycles. The summed E-state index contributed by atoms with van der Waals surface area (Å²) >= 11 is 0. The van der Waals surface area contributed by atoms with Crippen molar-refractivity contribution in [3.05, 3.63) is 65.2 Å². The van der Waals surface area contributed by atoms with E-state index in [0.717, 1.165) is 39.1 Å². The average molecular weight is 340 g/mol. The predicted octanol–water partition coefficient (Wildman–Crippen LogP) is 2.77. The van der Waals surface area contributed by atoms with Gasteiger partial charge in [-0.25, -0.2) is 0 Å². The summed E-state index contributed by atoms with van der Waals surface area (Å²) in [6.07, 6.45) is 0.804. The number of aliphatic hydroxyl groups is 1. The molecule has 1 atom stereocenters. The van der Waals surface area contributed by atoms with Crippen molar-refractivity contribution in [2.45, 2.75) is 32.5 Å². The number of hydrogen-bond acceptors (Lipinski definition) is 4. The zero-order valence-corrected chi connectivity index (χ0v) is 14.9. The molecule has 0 spiro atoms. The Morgan fingerprint density at radius 1 is 0.920 bits per heavy atom. The van der Waals surface area contributed by atoms with E-state index in [2.05, 4.69) is 41.0 Å². The molecule has 0 amide bonds. The average Bonchev–Trinajstić information content (AvgIpc) is 2.61. The van der Waals surface area contributed by atoms with Gasteiger partial charge < -0.3 is 10.2 Å². The second kappa shape index (κ2) is 8.48. The van der Waals surface area contributed by atoms with Crippen molar-refractivity contribution in [3.63, 3.8) is 0 Å². The SMILES string of the molecule is Cc1ccc(CN2CCN(Cc3ccc(O)cc3)C[C@H]2CCO)cc1. The number of phenols is 1. The van der Waals surface area contributed by atoms with Gasteiger partial charge in [-0.15, -0.1) is 0 Å². The molecule has 0 saturated carbocycles. The van der Waals surface area contributed by atoms with E-state index in [4.69, 9.17) is 0 Å². The van der Waals surface area contributed by atoms with Gasteiger partial charge in [0, 0.05) is 45.4 Å². The maximum absolute atomic E-state index is 9.47. The minimum atomic E-state index is 0.224.